The smallest absolute Gasteiger partial charge is 0.264 e. The van der Waals surface area contributed by atoms with Gasteiger partial charge in [0.25, 0.3) is 10.0 Å². The van der Waals surface area contributed by atoms with Crippen molar-refractivity contribution in [2.45, 2.75) is 51.2 Å². The van der Waals surface area contributed by atoms with Crippen molar-refractivity contribution in [2.75, 3.05) is 18.0 Å². The van der Waals surface area contributed by atoms with E-state index in [0.717, 1.165) is 15.4 Å². The summed E-state index contributed by atoms with van der Waals surface area (Å²) in [4.78, 5) is 28.4. The third-order valence-corrected chi connectivity index (χ3v) is 7.94. The third-order valence-electron chi connectivity index (χ3n) is 6.15. The van der Waals surface area contributed by atoms with Gasteiger partial charge in [-0.15, -0.1) is 0 Å². The Kier molecular flexibility index (Phi) is 9.52. The van der Waals surface area contributed by atoms with Crippen LogP contribution in [0.3, 0.4) is 0 Å². The first-order valence-electron chi connectivity index (χ1n) is 12.4. The summed E-state index contributed by atoms with van der Waals surface area (Å²) < 4.78 is 33.9. The molecule has 0 aliphatic carbocycles. The highest BCUT2D eigenvalue weighted by Crippen LogP contribution is 2.27. The summed E-state index contributed by atoms with van der Waals surface area (Å²) in [6, 6.07) is 21.1. The fourth-order valence-corrected chi connectivity index (χ4v) is 5.40. The van der Waals surface area contributed by atoms with Crippen molar-refractivity contribution in [1.82, 2.24) is 10.2 Å². The molecule has 0 aliphatic heterocycles. The highest BCUT2D eigenvalue weighted by atomic mass is 32.2. The van der Waals surface area contributed by atoms with Crippen LogP contribution in [0, 0.1) is 6.92 Å². The van der Waals surface area contributed by atoms with Crippen molar-refractivity contribution in [2.24, 2.45) is 0 Å². The molecule has 202 valence electrons. The Morgan fingerprint density at radius 2 is 1.58 bits per heavy atom. The number of sulfonamides is 1. The maximum Gasteiger partial charge on any atom is 0.264 e. The lowest BCUT2D eigenvalue weighted by atomic mass is 10.1. The molecule has 1 N–H and O–H groups in total. The fourth-order valence-electron chi connectivity index (χ4n) is 3.97. The lowest BCUT2D eigenvalue weighted by Crippen LogP contribution is -2.52. The molecule has 0 aromatic heterocycles. The van der Waals surface area contributed by atoms with Crippen molar-refractivity contribution in [3.05, 3.63) is 90.0 Å². The molecule has 0 fully saturated rings. The van der Waals surface area contributed by atoms with Gasteiger partial charge in [0, 0.05) is 18.7 Å². The Labute approximate surface area is 225 Å². The van der Waals surface area contributed by atoms with Gasteiger partial charge in [-0.3, -0.25) is 13.9 Å². The van der Waals surface area contributed by atoms with E-state index in [1.54, 1.807) is 49.4 Å². The number of carbonyl (C=O) groups is 2. The predicted octanol–water partition coefficient (Wildman–Crippen LogP) is 4.14. The molecule has 0 bridgehead atoms. The Morgan fingerprint density at radius 3 is 2.21 bits per heavy atom. The van der Waals surface area contributed by atoms with Crippen LogP contribution < -0.4 is 14.4 Å². The summed E-state index contributed by atoms with van der Waals surface area (Å²) in [7, 11) is -2.64. The number of ether oxygens (including phenoxy) is 1. The summed E-state index contributed by atoms with van der Waals surface area (Å²) in [5.74, 6) is -0.382. The molecule has 3 rings (SSSR count). The van der Waals surface area contributed by atoms with E-state index in [1.807, 2.05) is 45.0 Å². The van der Waals surface area contributed by atoms with Crippen LogP contribution in [0.2, 0.25) is 0 Å². The second kappa shape index (κ2) is 12.6. The van der Waals surface area contributed by atoms with Gasteiger partial charge < -0.3 is 15.0 Å². The lowest BCUT2D eigenvalue weighted by molar-refractivity contribution is -0.139. The van der Waals surface area contributed by atoms with Crippen molar-refractivity contribution in [3.63, 3.8) is 0 Å². The average molecular weight is 538 g/mol. The van der Waals surface area contributed by atoms with Gasteiger partial charge in [-0.1, -0.05) is 48.5 Å². The van der Waals surface area contributed by atoms with Crippen molar-refractivity contribution in [1.29, 1.82) is 0 Å². The zero-order valence-corrected chi connectivity index (χ0v) is 23.2. The van der Waals surface area contributed by atoms with Crippen LogP contribution in [0.5, 0.6) is 5.75 Å². The van der Waals surface area contributed by atoms with E-state index in [9.17, 15) is 18.0 Å². The molecule has 0 radical (unpaired) electrons. The third kappa shape index (κ3) is 6.92. The van der Waals surface area contributed by atoms with Crippen molar-refractivity contribution >= 4 is 27.5 Å². The van der Waals surface area contributed by atoms with E-state index in [0.29, 0.717) is 5.75 Å². The first kappa shape index (κ1) is 28.7. The van der Waals surface area contributed by atoms with Crippen LogP contribution >= 0.6 is 0 Å². The summed E-state index contributed by atoms with van der Waals surface area (Å²) in [5, 5.41) is 2.85. The number of hydrogen-bond acceptors (Lipinski definition) is 5. The zero-order valence-electron chi connectivity index (χ0n) is 22.4. The van der Waals surface area contributed by atoms with E-state index < -0.39 is 28.5 Å². The van der Waals surface area contributed by atoms with Crippen LogP contribution in [0.1, 0.15) is 31.9 Å². The highest BCUT2D eigenvalue weighted by molar-refractivity contribution is 7.92. The monoisotopic (exact) mass is 537 g/mol. The zero-order chi connectivity index (χ0) is 27.9. The highest BCUT2D eigenvalue weighted by Gasteiger charge is 2.33. The van der Waals surface area contributed by atoms with E-state index in [2.05, 4.69) is 5.32 Å². The van der Waals surface area contributed by atoms with Gasteiger partial charge in [0.05, 0.1) is 17.7 Å². The molecule has 3 aromatic carbocycles. The van der Waals surface area contributed by atoms with Gasteiger partial charge >= 0.3 is 0 Å². The van der Waals surface area contributed by atoms with Gasteiger partial charge in [-0.05, 0) is 63.1 Å². The number of hydrogen-bond donors (Lipinski definition) is 1. The minimum absolute atomic E-state index is 0.0478. The topological polar surface area (TPSA) is 96.0 Å². The quantitative estimate of drug-likeness (QED) is 0.397. The number of nitrogens with zero attached hydrogens (tertiary/aromatic N) is 2. The molecular weight excluding hydrogens is 502 g/mol. The Hall–Kier alpha value is -3.85. The van der Waals surface area contributed by atoms with Crippen molar-refractivity contribution < 1.29 is 22.7 Å². The van der Waals surface area contributed by atoms with Gasteiger partial charge in [0.2, 0.25) is 11.8 Å². The molecule has 9 heteroatoms. The largest absolute Gasteiger partial charge is 0.497 e. The van der Waals surface area contributed by atoms with Gasteiger partial charge in [0.1, 0.15) is 18.3 Å². The molecule has 0 heterocycles. The molecule has 0 saturated carbocycles. The normalized spacial score (nSPS) is 12.1. The van der Waals surface area contributed by atoms with E-state index >= 15 is 0 Å². The van der Waals surface area contributed by atoms with Gasteiger partial charge in [-0.25, -0.2) is 8.42 Å². The van der Waals surface area contributed by atoms with Crippen LogP contribution in [-0.4, -0.2) is 50.9 Å². The van der Waals surface area contributed by atoms with E-state index in [-0.39, 0.29) is 29.1 Å². The summed E-state index contributed by atoms with van der Waals surface area (Å²) in [6.45, 7) is 6.91. The molecule has 0 aliphatic rings. The second-order valence-electron chi connectivity index (χ2n) is 9.31. The average Bonchev–Trinajstić information content (AvgIpc) is 2.90. The molecule has 38 heavy (non-hydrogen) atoms. The van der Waals surface area contributed by atoms with Crippen LogP contribution in [0.4, 0.5) is 5.69 Å². The SMILES string of the molecule is COc1cccc(N(CC(=O)N(Cc2ccccc2C)[C@H](C)C(=O)NC(C)C)S(=O)(=O)c2ccccc2)c1. The number of anilines is 1. The lowest BCUT2D eigenvalue weighted by Gasteiger charge is -2.32. The molecule has 0 unspecified atom stereocenters. The second-order valence-corrected chi connectivity index (χ2v) is 11.2. The summed E-state index contributed by atoms with van der Waals surface area (Å²) in [5.41, 5.74) is 2.10. The number of benzene rings is 3. The number of nitrogens with one attached hydrogen (secondary N) is 1. The molecule has 0 saturated heterocycles. The molecule has 8 nitrogen and oxygen atoms in total. The minimum Gasteiger partial charge on any atom is -0.497 e. The van der Waals surface area contributed by atoms with E-state index in [1.165, 1.54) is 24.1 Å². The van der Waals surface area contributed by atoms with Crippen LogP contribution in [0.25, 0.3) is 0 Å². The molecular formula is C29H35N3O5S. The molecule has 0 spiro atoms. The van der Waals surface area contributed by atoms with Crippen molar-refractivity contribution in [3.8, 4) is 5.75 Å². The fraction of sp³-hybridized carbons (Fsp3) is 0.310. The van der Waals surface area contributed by atoms with E-state index in [4.69, 9.17) is 4.74 Å². The number of carbonyl (C=O) groups excluding carboxylic acids is 2. The molecule has 1 atom stereocenters. The van der Waals surface area contributed by atoms with Crippen LogP contribution in [0.15, 0.2) is 83.8 Å². The summed E-state index contributed by atoms with van der Waals surface area (Å²) >= 11 is 0. The number of amides is 2. The minimum atomic E-state index is -4.12. The van der Waals surface area contributed by atoms with Gasteiger partial charge in [-0.2, -0.15) is 0 Å². The number of aryl methyl sites for hydroxylation is 1. The standard InChI is InChI=1S/C29H35N3O5S/c1-21(2)30-29(34)23(4)31(19-24-13-10-9-12-22(24)3)28(33)20-32(25-14-11-15-26(18-25)37-5)38(35,36)27-16-7-6-8-17-27/h6-18,21,23H,19-20H2,1-5H3,(H,30,34)/t23-/m1/s1. The Morgan fingerprint density at radius 1 is 0.921 bits per heavy atom. The maximum absolute atomic E-state index is 13.9. The summed E-state index contributed by atoms with van der Waals surface area (Å²) in [6.07, 6.45) is 0. The first-order chi connectivity index (χ1) is 18.0. The Balaban J connectivity index is 2.05. The number of rotatable bonds is 11. The van der Waals surface area contributed by atoms with Crippen LogP contribution in [-0.2, 0) is 26.2 Å². The molecule has 3 aromatic rings. The molecule has 2 amide bonds. The first-order valence-corrected chi connectivity index (χ1v) is 13.8. The van der Waals surface area contributed by atoms with Gasteiger partial charge in [0.15, 0.2) is 0 Å². The maximum atomic E-state index is 13.9. The predicted molar refractivity (Wildman–Crippen MR) is 148 cm³/mol. The Bertz CT molecular complexity index is 1360. The number of methoxy groups -OCH3 is 1.